The quantitative estimate of drug-likeness (QED) is 0.541. The van der Waals surface area contributed by atoms with Gasteiger partial charge in [0.15, 0.2) is 5.75 Å². The van der Waals surface area contributed by atoms with E-state index in [4.69, 9.17) is 21.1 Å². The van der Waals surface area contributed by atoms with Gasteiger partial charge in [-0.15, -0.1) is 0 Å². The summed E-state index contributed by atoms with van der Waals surface area (Å²) in [5.41, 5.74) is 12.5. The van der Waals surface area contributed by atoms with Crippen LogP contribution in [0.5, 0.6) is 5.75 Å². The van der Waals surface area contributed by atoms with Crippen LogP contribution in [-0.2, 0) is 0 Å². The van der Waals surface area contributed by atoms with Crippen molar-refractivity contribution in [3.05, 3.63) is 39.6 Å². The van der Waals surface area contributed by atoms with E-state index < -0.39 is 11.6 Å². The van der Waals surface area contributed by atoms with Gasteiger partial charge in [0.2, 0.25) is 11.3 Å². The number of anilines is 1. The maximum Gasteiger partial charge on any atom is 0.223 e. The van der Waals surface area contributed by atoms with E-state index in [1.165, 1.54) is 12.1 Å². The minimum Gasteiger partial charge on any atom is -0.504 e. The zero-order valence-corrected chi connectivity index (χ0v) is 10.2. The van der Waals surface area contributed by atoms with Gasteiger partial charge < -0.3 is 26.3 Å². The van der Waals surface area contributed by atoms with E-state index in [9.17, 15) is 9.90 Å². The summed E-state index contributed by atoms with van der Waals surface area (Å²) in [7, 11) is 0. The molecular weight excluding hydrogens is 260 g/mol. The van der Waals surface area contributed by atoms with Crippen molar-refractivity contribution in [1.29, 1.82) is 5.26 Å². The molecule has 0 bridgehead atoms. The Kier molecular flexibility index (Phi) is 2.42. The van der Waals surface area contributed by atoms with Crippen LogP contribution in [0.4, 0.5) is 5.88 Å². The van der Waals surface area contributed by atoms with E-state index >= 15 is 0 Å². The van der Waals surface area contributed by atoms with E-state index in [-0.39, 0.29) is 22.9 Å². The zero-order chi connectivity index (χ0) is 14.4. The maximum absolute atomic E-state index is 11.4. The number of benzene rings is 1. The number of rotatable bonds is 0. The smallest absolute Gasteiger partial charge is 0.223 e. The first-order chi connectivity index (χ1) is 9.51. The summed E-state index contributed by atoms with van der Waals surface area (Å²) in [5, 5.41) is 21.3. The predicted octanol–water partition coefficient (Wildman–Crippen LogP) is 0.354. The molecule has 3 aliphatic rings. The van der Waals surface area contributed by atoms with Crippen LogP contribution in [-0.4, -0.2) is 11.3 Å². The molecule has 7 heteroatoms. The highest BCUT2D eigenvalue weighted by atomic mass is 16.4. The Morgan fingerprint density at radius 3 is 2.85 bits per heavy atom. The highest BCUT2D eigenvalue weighted by Crippen LogP contribution is 2.36. The van der Waals surface area contributed by atoms with Crippen LogP contribution in [0.1, 0.15) is 5.56 Å². The summed E-state index contributed by atoms with van der Waals surface area (Å²) in [4.78, 5) is 11.4. The molecule has 6 N–H and O–H groups in total. The number of nitrogens with one attached hydrogen (secondary N) is 1. The first kappa shape index (κ1) is 12.1. The summed E-state index contributed by atoms with van der Waals surface area (Å²) < 4.78 is 5.53. The van der Waals surface area contributed by atoms with Crippen LogP contribution < -0.4 is 22.2 Å². The molecule has 0 amide bonds. The molecule has 1 atom stereocenters. The van der Waals surface area contributed by atoms with Crippen LogP contribution in [0.3, 0.4) is 0 Å². The van der Waals surface area contributed by atoms with Crippen molar-refractivity contribution in [3.63, 3.8) is 0 Å². The van der Waals surface area contributed by atoms with Crippen molar-refractivity contribution < 1.29 is 9.52 Å². The molecular formula is C13H10N4O3. The Labute approximate surface area is 113 Å². The summed E-state index contributed by atoms with van der Waals surface area (Å²) in [5.74, 6) is 0.197. The molecule has 3 rings (SSSR count). The molecule has 0 spiro atoms. The van der Waals surface area contributed by atoms with Gasteiger partial charge in [0.1, 0.15) is 18.0 Å². The number of nitrogens with two attached hydrogens (primary N) is 2. The van der Waals surface area contributed by atoms with Gasteiger partial charge in [0, 0.05) is 11.6 Å². The lowest BCUT2D eigenvalue weighted by atomic mass is 9.99. The van der Waals surface area contributed by atoms with E-state index in [2.05, 4.69) is 5.32 Å². The molecule has 0 aromatic rings. The Morgan fingerprint density at radius 2 is 2.15 bits per heavy atom. The SMILES string of the molecule is N#CC1=C(N)c2cc3cc(O)c(=O)cc-3oc2NC1N. The second-order valence-electron chi connectivity index (χ2n) is 4.41. The van der Waals surface area contributed by atoms with Crippen molar-refractivity contribution in [2.24, 2.45) is 11.5 Å². The summed E-state index contributed by atoms with van der Waals surface area (Å²) in [6, 6.07) is 6.03. The van der Waals surface area contributed by atoms with E-state index in [0.717, 1.165) is 0 Å². The molecule has 100 valence electrons. The minimum atomic E-state index is -0.766. The molecule has 0 aromatic heterocycles. The summed E-state index contributed by atoms with van der Waals surface area (Å²) >= 11 is 0. The van der Waals surface area contributed by atoms with Gasteiger partial charge in [-0.25, -0.2) is 0 Å². The number of phenols is 1. The average molecular weight is 270 g/mol. The fourth-order valence-corrected chi connectivity index (χ4v) is 2.12. The highest BCUT2D eigenvalue weighted by molar-refractivity contribution is 5.83. The van der Waals surface area contributed by atoms with Crippen LogP contribution >= 0.6 is 0 Å². The number of aromatic hydroxyl groups is 1. The minimum absolute atomic E-state index is 0.205. The van der Waals surface area contributed by atoms with Gasteiger partial charge in [0.25, 0.3) is 0 Å². The van der Waals surface area contributed by atoms with Gasteiger partial charge in [-0.1, -0.05) is 0 Å². The number of hydrogen-bond donors (Lipinski definition) is 4. The van der Waals surface area contributed by atoms with E-state index in [1.807, 2.05) is 6.07 Å². The molecule has 20 heavy (non-hydrogen) atoms. The first-order valence-corrected chi connectivity index (χ1v) is 5.74. The lowest BCUT2D eigenvalue weighted by Crippen LogP contribution is -2.36. The van der Waals surface area contributed by atoms with Crippen molar-refractivity contribution in [3.8, 4) is 23.1 Å². The number of phenolic OH excluding ortho intramolecular Hbond substituents is 1. The Balaban J connectivity index is 2.33. The first-order valence-electron chi connectivity index (χ1n) is 5.74. The normalized spacial score (nSPS) is 17.5. The topological polar surface area (TPSA) is 138 Å². The highest BCUT2D eigenvalue weighted by Gasteiger charge is 2.26. The molecule has 1 unspecified atom stereocenters. The number of nitriles is 1. The van der Waals surface area contributed by atoms with Gasteiger partial charge in [0.05, 0.1) is 16.8 Å². The van der Waals surface area contributed by atoms with Crippen molar-refractivity contribution in [1.82, 2.24) is 0 Å². The molecule has 2 aliphatic heterocycles. The summed E-state index contributed by atoms with van der Waals surface area (Å²) in [6.45, 7) is 0. The monoisotopic (exact) mass is 270 g/mol. The van der Waals surface area contributed by atoms with Gasteiger partial charge in [-0.2, -0.15) is 5.26 Å². The van der Waals surface area contributed by atoms with Gasteiger partial charge >= 0.3 is 0 Å². The molecule has 0 aromatic carbocycles. The Hall–Kier alpha value is -2.98. The lowest BCUT2D eigenvalue weighted by molar-refractivity contribution is 0.468. The fraction of sp³-hybridized carbons (Fsp3) is 0.0769. The molecule has 0 radical (unpaired) electrons. The third-order valence-corrected chi connectivity index (χ3v) is 3.15. The average Bonchev–Trinajstić information content (AvgIpc) is 2.39. The number of nitrogens with zero attached hydrogens (tertiary/aromatic N) is 1. The third-order valence-electron chi connectivity index (χ3n) is 3.15. The fourth-order valence-electron chi connectivity index (χ4n) is 2.12. The predicted molar refractivity (Wildman–Crippen MR) is 71.6 cm³/mol. The van der Waals surface area contributed by atoms with Gasteiger partial charge in [-0.3, -0.25) is 4.79 Å². The molecule has 0 saturated heterocycles. The molecule has 1 aliphatic carbocycles. The van der Waals surface area contributed by atoms with Crippen molar-refractivity contribution >= 4 is 11.6 Å². The van der Waals surface area contributed by atoms with Gasteiger partial charge in [-0.05, 0) is 12.1 Å². The lowest BCUT2D eigenvalue weighted by Gasteiger charge is -2.24. The van der Waals surface area contributed by atoms with Crippen molar-refractivity contribution in [2.75, 3.05) is 5.32 Å². The third kappa shape index (κ3) is 1.60. The zero-order valence-electron chi connectivity index (χ0n) is 10.2. The molecule has 7 nitrogen and oxygen atoms in total. The van der Waals surface area contributed by atoms with E-state index in [1.54, 1.807) is 6.07 Å². The number of hydrogen-bond acceptors (Lipinski definition) is 7. The second kappa shape index (κ2) is 4.01. The largest absolute Gasteiger partial charge is 0.504 e. The van der Waals surface area contributed by atoms with E-state index in [0.29, 0.717) is 16.9 Å². The van der Waals surface area contributed by atoms with Crippen LogP contribution in [0.25, 0.3) is 17.0 Å². The number of fused-ring (bicyclic) bond motifs is 2. The molecule has 2 heterocycles. The Morgan fingerprint density at radius 1 is 1.40 bits per heavy atom. The van der Waals surface area contributed by atoms with Crippen LogP contribution in [0.15, 0.2) is 33.0 Å². The maximum atomic E-state index is 11.4. The standard InChI is InChI=1S/C13H10N4O3/c14-4-7-11(15)6-1-5-2-8(18)9(19)3-10(5)20-13(6)17-12(7)16/h1-3,12,17-18H,15-16H2. The summed E-state index contributed by atoms with van der Waals surface area (Å²) in [6.07, 6.45) is -0.766. The van der Waals surface area contributed by atoms with Crippen molar-refractivity contribution in [2.45, 2.75) is 6.17 Å². The van der Waals surface area contributed by atoms with Crippen LogP contribution in [0.2, 0.25) is 0 Å². The van der Waals surface area contributed by atoms with Crippen LogP contribution in [0, 0.1) is 11.3 Å². The molecule has 0 saturated carbocycles. The Bertz CT molecular complexity index is 816. The second-order valence-corrected chi connectivity index (χ2v) is 4.41. The molecule has 0 fully saturated rings.